The molecule has 1 aromatic heterocycles. The number of aliphatic imine (C=N–C) groups is 2. The van der Waals surface area contributed by atoms with Crippen molar-refractivity contribution in [2.75, 3.05) is 12.9 Å². The Morgan fingerprint density at radius 1 is 1.10 bits per heavy atom. The van der Waals surface area contributed by atoms with E-state index in [1.807, 2.05) is 25.1 Å². The number of hydrogen-bond donors (Lipinski definition) is 2. The lowest BCUT2D eigenvalue weighted by molar-refractivity contribution is -0.136. The van der Waals surface area contributed by atoms with Crippen molar-refractivity contribution in [2.24, 2.45) is 9.98 Å². The predicted octanol–water partition coefficient (Wildman–Crippen LogP) is 6.39. The third-order valence-electron chi connectivity index (χ3n) is 8.13. The first-order valence-corrected chi connectivity index (χ1v) is 15.8. The van der Waals surface area contributed by atoms with Gasteiger partial charge in [-0.25, -0.2) is 9.18 Å². The van der Waals surface area contributed by atoms with Crippen molar-refractivity contribution >= 4 is 28.7 Å². The highest BCUT2D eigenvalue weighted by Crippen LogP contribution is 2.35. The summed E-state index contributed by atoms with van der Waals surface area (Å²) in [4.78, 5) is 28.0. The molecule has 2 fully saturated rings. The van der Waals surface area contributed by atoms with Crippen LogP contribution in [0.2, 0.25) is 0 Å². The molecule has 1 unspecified atom stereocenters. The Hall–Kier alpha value is -3.20. The lowest BCUT2D eigenvalue weighted by Crippen LogP contribution is -2.38. The Kier molecular flexibility index (Phi) is 10.1. The number of halogens is 1. The van der Waals surface area contributed by atoms with E-state index < -0.39 is 12.0 Å². The standard InChI is InChI=1S/C32H40FN5O2S/c1-21-19-22(33)16-17-25(21)29-28(31(39)40-2)27(37-30(38-29)26-15-9-10-18-34-26)20-41-32(35-23-11-5-3-6-12-23)36-24-13-7-4-8-14-24/h9-10,15-19,23-24,29H,3-8,11-14,20H2,1-2H3,(H,35,36)(H,37,38). The van der Waals surface area contributed by atoms with Crippen molar-refractivity contribution in [1.82, 2.24) is 15.6 Å². The van der Waals surface area contributed by atoms with Crippen molar-refractivity contribution in [1.29, 1.82) is 0 Å². The van der Waals surface area contributed by atoms with E-state index in [0.29, 0.717) is 46.2 Å². The van der Waals surface area contributed by atoms with Crippen LogP contribution in [0.5, 0.6) is 0 Å². The van der Waals surface area contributed by atoms with Gasteiger partial charge in [-0.05, 0) is 68.0 Å². The number of aromatic nitrogens is 1. The van der Waals surface area contributed by atoms with Crippen molar-refractivity contribution in [2.45, 2.75) is 89.3 Å². The molecule has 2 N–H and O–H groups in total. The zero-order valence-corrected chi connectivity index (χ0v) is 24.8. The maximum atomic E-state index is 14.1. The third kappa shape index (κ3) is 7.56. The number of thioether (sulfide) groups is 1. The van der Waals surface area contributed by atoms with Crippen LogP contribution >= 0.6 is 11.8 Å². The monoisotopic (exact) mass is 577 g/mol. The highest BCUT2D eigenvalue weighted by molar-refractivity contribution is 8.14. The number of hydrogen-bond acceptors (Lipinski definition) is 7. The number of methoxy groups -OCH3 is 1. The smallest absolute Gasteiger partial charge is 0.338 e. The maximum absolute atomic E-state index is 14.1. The summed E-state index contributed by atoms with van der Waals surface area (Å²) in [5.74, 6) is 0.245. The Morgan fingerprint density at radius 3 is 2.54 bits per heavy atom. The van der Waals surface area contributed by atoms with Crippen molar-refractivity contribution in [3.05, 3.63) is 76.5 Å². The molecule has 0 bridgehead atoms. The number of rotatable bonds is 7. The van der Waals surface area contributed by atoms with E-state index in [1.165, 1.54) is 57.8 Å². The minimum atomic E-state index is -0.665. The summed E-state index contributed by atoms with van der Waals surface area (Å²) in [6, 6.07) is 10.3. The van der Waals surface area contributed by atoms with Crippen LogP contribution in [0, 0.1) is 12.7 Å². The Labute approximate surface area is 246 Å². The van der Waals surface area contributed by atoms with E-state index in [-0.39, 0.29) is 5.82 Å². The molecule has 1 aliphatic heterocycles. The van der Waals surface area contributed by atoms with Crippen LogP contribution in [0.25, 0.3) is 0 Å². The first-order chi connectivity index (χ1) is 20.0. The van der Waals surface area contributed by atoms with Gasteiger partial charge in [0.25, 0.3) is 0 Å². The van der Waals surface area contributed by atoms with Gasteiger partial charge in [-0.1, -0.05) is 62.4 Å². The molecule has 0 amide bonds. The van der Waals surface area contributed by atoms with E-state index in [0.717, 1.165) is 36.4 Å². The van der Waals surface area contributed by atoms with E-state index in [2.05, 4.69) is 15.6 Å². The molecule has 0 spiro atoms. The third-order valence-corrected chi connectivity index (χ3v) is 9.06. The number of carbonyl (C=O) groups is 1. The molecule has 2 saturated carbocycles. The first-order valence-electron chi connectivity index (χ1n) is 14.8. The molecule has 218 valence electrons. The molecule has 0 saturated heterocycles. The van der Waals surface area contributed by atoms with E-state index in [4.69, 9.17) is 14.7 Å². The minimum Gasteiger partial charge on any atom is -0.466 e. The molecular weight excluding hydrogens is 537 g/mol. The molecule has 2 heterocycles. The molecule has 3 aliphatic rings. The fraction of sp³-hybridized carbons (Fsp3) is 0.500. The number of carbonyl (C=O) groups excluding carboxylic acids is 1. The van der Waals surface area contributed by atoms with Gasteiger partial charge in [-0.2, -0.15) is 0 Å². The highest BCUT2D eigenvalue weighted by atomic mass is 32.2. The zero-order chi connectivity index (χ0) is 28.6. The number of benzene rings is 1. The molecule has 7 nitrogen and oxygen atoms in total. The van der Waals surface area contributed by atoms with Crippen LogP contribution in [0.1, 0.15) is 87.1 Å². The van der Waals surface area contributed by atoms with Gasteiger partial charge in [0.2, 0.25) is 0 Å². The van der Waals surface area contributed by atoms with Gasteiger partial charge < -0.3 is 15.4 Å². The van der Waals surface area contributed by atoms with E-state index in [1.54, 1.807) is 24.0 Å². The van der Waals surface area contributed by atoms with Gasteiger partial charge in [-0.3, -0.25) is 15.0 Å². The Balaban J connectivity index is 1.50. The van der Waals surface area contributed by atoms with Crippen LogP contribution in [0.4, 0.5) is 4.39 Å². The van der Waals surface area contributed by atoms with Gasteiger partial charge >= 0.3 is 5.97 Å². The highest BCUT2D eigenvalue weighted by Gasteiger charge is 2.33. The van der Waals surface area contributed by atoms with Crippen LogP contribution in [0.15, 0.2) is 63.8 Å². The number of aryl methyl sites for hydroxylation is 1. The summed E-state index contributed by atoms with van der Waals surface area (Å²) in [6.07, 6.45) is 13.7. The molecule has 41 heavy (non-hydrogen) atoms. The Morgan fingerprint density at radius 2 is 1.85 bits per heavy atom. The maximum Gasteiger partial charge on any atom is 0.338 e. The minimum absolute atomic E-state index is 0.328. The Bertz CT molecular complexity index is 1300. The molecule has 2 aliphatic carbocycles. The van der Waals surface area contributed by atoms with Crippen molar-refractivity contribution in [3.8, 4) is 0 Å². The van der Waals surface area contributed by atoms with Crippen LogP contribution in [-0.2, 0) is 9.53 Å². The summed E-state index contributed by atoms with van der Waals surface area (Å²) in [5, 5.41) is 8.12. The fourth-order valence-corrected chi connectivity index (χ4v) is 6.90. The average molecular weight is 578 g/mol. The second-order valence-corrected chi connectivity index (χ2v) is 12.1. The molecular formula is C32H40FN5O2S. The van der Waals surface area contributed by atoms with Gasteiger partial charge in [0, 0.05) is 23.7 Å². The van der Waals surface area contributed by atoms with Gasteiger partial charge in [-0.15, -0.1) is 0 Å². The SMILES string of the molecule is COC(=O)C1=C(CS/C(=N/C2CCCCC2)NC2CCCCC2)NC(c2ccccn2)=NC1c1ccc(F)cc1C. The molecule has 5 rings (SSSR count). The number of amidine groups is 2. The van der Waals surface area contributed by atoms with Gasteiger partial charge in [0.05, 0.1) is 18.7 Å². The van der Waals surface area contributed by atoms with Crippen molar-refractivity contribution < 1.29 is 13.9 Å². The van der Waals surface area contributed by atoms with Crippen molar-refractivity contribution in [3.63, 3.8) is 0 Å². The largest absolute Gasteiger partial charge is 0.466 e. The van der Waals surface area contributed by atoms with Gasteiger partial charge in [0.15, 0.2) is 11.0 Å². The number of esters is 1. The zero-order valence-electron chi connectivity index (χ0n) is 24.0. The topological polar surface area (TPSA) is 88.0 Å². The molecule has 1 aromatic carbocycles. The molecule has 0 radical (unpaired) electrons. The second-order valence-electron chi connectivity index (χ2n) is 11.1. The quantitative estimate of drug-likeness (QED) is 0.225. The predicted molar refractivity (Wildman–Crippen MR) is 164 cm³/mol. The van der Waals surface area contributed by atoms with Crippen LogP contribution in [-0.4, -0.2) is 46.9 Å². The lowest BCUT2D eigenvalue weighted by atomic mass is 9.92. The summed E-state index contributed by atoms with van der Waals surface area (Å²) < 4.78 is 19.3. The van der Waals surface area contributed by atoms with E-state index in [9.17, 15) is 9.18 Å². The normalized spacial score (nSPS) is 20.8. The van der Waals surface area contributed by atoms with E-state index >= 15 is 0 Å². The van der Waals surface area contributed by atoms with Gasteiger partial charge in [0.1, 0.15) is 17.6 Å². The summed E-state index contributed by atoms with van der Waals surface area (Å²) >= 11 is 1.62. The number of nitrogens with one attached hydrogen (secondary N) is 2. The van der Waals surface area contributed by atoms with Crippen LogP contribution < -0.4 is 10.6 Å². The summed E-state index contributed by atoms with van der Waals surface area (Å²) in [6.45, 7) is 1.84. The summed E-state index contributed by atoms with van der Waals surface area (Å²) in [5.41, 5.74) is 3.26. The van der Waals surface area contributed by atoms with Crippen LogP contribution in [0.3, 0.4) is 0 Å². The molecule has 9 heteroatoms. The number of ether oxygens (including phenoxy) is 1. The fourth-order valence-electron chi connectivity index (χ4n) is 5.92. The average Bonchev–Trinajstić information content (AvgIpc) is 3.00. The summed E-state index contributed by atoms with van der Waals surface area (Å²) in [7, 11) is 1.38. The first kappa shape index (κ1) is 29.3. The second kappa shape index (κ2) is 14.1. The number of nitrogens with zero attached hydrogens (tertiary/aromatic N) is 3. The number of pyridine rings is 1. The molecule has 1 atom stereocenters. The molecule has 2 aromatic rings. The lowest BCUT2D eigenvalue weighted by Gasteiger charge is -2.29.